The van der Waals surface area contributed by atoms with Gasteiger partial charge in [0, 0.05) is 34.7 Å². The number of rotatable bonds is 8. The van der Waals surface area contributed by atoms with Gasteiger partial charge in [-0.1, -0.05) is 38.8 Å². The van der Waals surface area contributed by atoms with Crippen molar-refractivity contribution < 1.29 is 32.3 Å². The Kier molecular flexibility index (Phi) is 11.6. The molecule has 1 aromatic carbocycles. The smallest absolute Gasteiger partial charge is 0.259 e. The minimum atomic E-state index is -3.85. The summed E-state index contributed by atoms with van der Waals surface area (Å²) in [4.78, 5) is 53.2. The van der Waals surface area contributed by atoms with Crippen LogP contribution in [0, 0.1) is 12.8 Å². The third kappa shape index (κ3) is 7.96. The molecule has 3 aromatic rings. The quantitative estimate of drug-likeness (QED) is 0.265. The van der Waals surface area contributed by atoms with E-state index in [4.69, 9.17) is 25.2 Å². The number of sulfonamides is 1. The fourth-order valence-corrected chi connectivity index (χ4v) is 9.70. The molecule has 4 aliphatic rings. The number of nitrogens with one attached hydrogen (secondary N) is 2. The van der Waals surface area contributed by atoms with E-state index in [0.29, 0.717) is 42.0 Å². The number of pyridine rings is 1. The van der Waals surface area contributed by atoms with E-state index in [-0.39, 0.29) is 49.5 Å². The van der Waals surface area contributed by atoms with E-state index in [2.05, 4.69) is 23.9 Å². The Bertz CT molecular complexity index is 2070. The molecule has 4 N–H and O–H groups in total. The molecule has 0 radical (unpaired) electrons. The first-order valence-electron chi connectivity index (χ1n) is 18.5. The van der Waals surface area contributed by atoms with Crippen molar-refractivity contribution in [3.8, 4) is 22.2 Å². The van der Waals surface area contributed by atoms with Gasteiger partial charge in [-0.05, 0) is 63.5 Å². The first-order chi connectivity index (χ1) is 25.3. The fourth-order valence-electron chi connectivity index (χ4n) is 7.40. The SMILES string of the molecule is COc1ccc2c(O[C@@H]3C[C@H]4C(=O)N[C@]5(C(=O)NS(=O)(=O)C6CC6)C[C@H]5C=CCCCCC[C@H](N)C(=O)N4C3)cc(-c3nc(C(C)C)cs3)nc2c1C.Cl. The Morgan fingerprint density at radius 3 is 2.61 bits per heavy atom. The number of allylic oxidation sites excluding steroid dienone is 1. The second-order valence-electron chi connectivity index (χ2n) is 15.1. The highest BCUT2D eigenvalue weighted by Crippen LogP contribution is 2.46. The molecule has 0 spiro atoms. The molecule has 2 saturated carbocycles. The second-order valence-corrected chi connectivity index (χ2v) is 17.9. The molecule has 3 amide bonds. The molecule has 1 saturated heterocycles. The average molecular weight is 801 g/mol. The molecule has 2 aliphatic carbocycles. The van der Waals surface area contributed by atoms with Crippen LogP contribution in [-0.4, -0.2) is 83.6 Å². The van der Waals surface area contributed by atoms with Crippen molar-refractivity contribution >= 4 is 62.4 Å². The number of aryl methyl sites for hydroxylation is 1. The number of aromatic nitrogens is 2. The zero-order valence-electron chi connectivity index (χ0n) is 31.0. The summed E-state index contributed by atoms with van der Waals surface area (Å²) in [6.45, 7) is 6.19. The summed E-state index contributed by atoms with van der Waals surface area (Å²) < 4.78 is 40.2. The molecular weight excluding hydrogens is 752 g/mol. The maximum Gasteiger partial charge on any atom is 0.259 e. The average Bonchev–Trinajstić information content (AvgIpc) is 4.00. The first-order valence-corrected chi connectivity index (χ1v) is 21.0. The monoisotopic (exact) mass is 800 g/mol. The summed E-state index contributed by atoms with van der Waals surface area (Å²) in [5, 5.41) is 5.82. The molecule has 7 rings (SSSR count). The molecule has 5 atom stereocenters. The van der Waals surface area contributed by atoms with Crippen LogP contribution in [0.25, 0.3) is 21.6 Å². The third-order valence-electron chi connectivity index (χ3n) is 10.9. The minimum Gasteiger partial charge on any atom is -0.496 e. The van der Waals surface area contributed by atoms with Crippen LogP contribution in [0.1, 0.15) is 88.8 Å². The lowest BCUT2D eigenvalue weighted by Crippen LogP contribution is -2.57. The van der Waals surface area contributed by atoms with Gasteiger partial charge in [0.25, 0.3) is 5.91 Å². The highest BCUT2D eigenvalue weighted by atomic mass is 35.5. The molecule has 4 heterocycles. The molecule has 2 aromatic heterocycles. The van der Waals surface area contributed by atoms with Crippen molar-refractivity contribution in [2.45, 2.75) is 113 Å². The Labute approximate surface area is 326 Å². The number of carbonyl (C=O) groups excluding carboxylic acids is 3. The van der Waals surface area contributed by atoms with Crippen molar-refractivity contribution in [2.24, 2.45) is 11.7 Å². The molecule has 16 heteroatoms. The van der Waals surface area contributed by atoms with Crippen molar-refractivity contribution in [3.05, 3.63) is 47.0 Å². The normalized spacial score (nSPS) is 26.2. The van der Waals surface area contributed by atoms with Gasteiger partial charge < -0.3 is 25.4 Å². The lowest BCUT2D eigenvalue weighted by molar-refractivity contribution is -0.140. The number of hydrogen-bond donors (Lipinski definition) is 3. The van der Waals surface area contributed by atoms with E-state index in [0.717, 1.165) is 47.3 Å². The molecule has 54 heavy (non-hydrogen) atoms. The van der Waals surface area contributed by atoms with E-state index < -0.39 is 50.8 Å². The molecule has 3 fully saturated rings. The van der Waals surface area contributed by atoms with Gasteiger partial charge in [0.2, 0.25) is 21.8 Å². The molecular formula is C38H49ClN6O7S2. The van der Waals surface area contributed by atoms with Crippen LogP contribution in [0.5, 0.6) is 11.5 Å². The number of carbonyl (C=O) groups is 3. The van der Waals surface area contributed by atoms with Crippen LogP contribution in [0.15, 0.2) is 35.7 Å². The van der Waals surface area contributed by atoms with Gasteiger partial charge >= 0.3 is 0 Å². The van der Waals surface area contributed by atoms with Gasteiger partial charge in [0.1, 0.15) is 39.9 Å². The summed E-state index contributed by atoms with van der Waals surface area (Å²) in [5.74, 6) is -0.601. The van der Waals surface area contributed by atoms with Crippen molar-refractivity contribution in [1.82, 2.24) is 24.9 Å². The van der Waals surface area contributed by atoms with Crippen LogP contribution in [0.3, 0.4) is 0 Å². The summed E-state index contributed by atoms with van der Waals surface area (Å²) in [6, 6.07) is 3.77. The number of thiazole rings is 1. The van der Waals surface area contributed by atoms with Crippen LogP contribution in [0.2, 0.25) is 0 Å². The van der Waals surface area contributed by atoms with Crippen LogP contribution >= 0.6 is 23.7 Å². The Balaban J connectivity index is 0.00000497. The van der Waals surface area contributed by atoms with Gasteiger partial charge in [-0.3, -0.25) is 19.1 Å². The summed E-state index contributed by atoms with van der Waals surface area (Å²) in [7, 11) is -2.24. The molecule has 2 aliphatic heterocycles. The number of hydrogen-bond acceptors (Lipinski definition) is 11. The van der Waals surface area contributed by atoms with Gasteiger partial charge in [-0.25, -0.2) is 18.4 Å². The highest BCUT2D eigenvalue weighted by Gasteiger charge is 2.62. The van der Waals surface area contributed by atoms with E-state index in [1.807, 2.05) is 42.7 Å². The maximum absolute atomic E-state index is 14.3. The van der Waals surface area contributed by atoms with Gasteiger partial charge in [-0.2, -0.15) is 0 Å². The number of ether oxygens (including phenoxy) is 2. The van der Waals surface area contributed by atoms with E-state index in [1.54, 1.807) is 7.11 Å². The van der Waals surface area contributed by atoms with Crippen LogP contribution in [-0.2, 0) is 24.4 Å². The highest BCUT2D eigenvalue weighted by molar-refractivity contribution is 7.91. The lowest BCUT2D eigenvalue weighted by atomic mass is 10.1. The zero-order valence-corrected chi connectivity index (χ0v) is 33.5. The second kappa shape index (κ2) is 15.8. The Morgan fingerprint density at radius 1 is 1.13 bits per heavy atom. The van der Waals surface area contributed by atoms with Crippen molar-refractivity contribution in [3.63, 3.8) is 0 Å². The molecule has 13 nitrogen and oxygen atoms in total. The Hall–Kier alpha value is -3.79. The van der Waals surface area contributed by atoms with Gasteiger partial charge in [0.05, 0.1) is 36.2 Å². The number of methoxy groups -OCH3 is 1. The van der Waals surface area contributed by atoms with Gasteiger partial charge in [0.15, 0.2) is 0 Å². The van der Waals surface area contributed by atoms with Crippen molar-refractivity contribution in [2.75, 3.05) is 13.7 Å². The van der Waals surface area contributed by atoms with E-state index in [1.165, 1.54) is 16.2 Å². The number of amides is 3. The number of fused-ring (bicyclic) bond motifs is 3. The van der Waals surface area contributed by atoms with E-state index in [9.17, 15) is 22.8 Å². The minimum absolute atomic E-state index is 0. The molecule has 0 bridgehead atoms. The largest absolute Gasteiger partial charge is 0.496 e. The fraction of sp³-hybridized carbons (Fsp3) is 0.553. The number of halogens is 1. The summed E-state index contributed by atoms with van der Waals surface area (Å²) in [5.41, 5.74) is 8.13. The molecule has 0 unspecified atom stereocenters. The number of nitrogens with zero attached hydrogens (tertiary/aromatic N) is 3. The molecule has 292 valence electrons. The standard InChI is InChI=1S/C38H48N6O7S2.ClH/c1-21(2)29-20-52-35(41-29)28-17-32(26-14-15-31(50-4)22(3)33(26)40-28)51-24-16-30-34(45)42-38(37(47)43-53(48,49)25-12-13-25)18-23(38)10-8-6-5-7-9-11-27(39)36(46)44(30)19-24;/h8,10,14-15,17,20-21,23-25,27,30H,5-7,9,11-13,16,18-19,39H2,1-4H3,(H,42,45)(H,43,47);1H/t23-,24-,27+,30+,38-;/m1./s1. The number of nitrogens with two attached hydrogens (primary N) is 1. The predicted molar refractivity (Wildman–Crippen MR) is 209 cm³/mol. The topological polar surface area (TPSA) is 183 Å². The zero-order chi connectivity index (χ0) is 37.7. The third-order valence-corrected chi connectivity index (χ3v) is 13.6. The van der Waals surface area contributed by atoms with E-state index >= 15 is 0 Å². The van der Waals surface area contributed by atoms with Crippen LogP contribution in [0.4, 0.5) is 0 Å². The van der Waals surface area contributed by atoms with Crippen LogP contribution < -0.4 is 25.2 Å². The summed E-state index contributed by atoms with van der Waals surface area (Å²) in [6.07, 6.45) is 8.38. The number of benzene rings is 1. The van der Waals surface area contributed by atoms with Crippen molar-refractivity contribution in [1.29, 1.82) is 0 Å². The summed E-state index contributed by atoms with van der Waals surface area (Å²) >= 11 is 1.50. The van der Waals surface area contributed by atoms with Gasteiger partial charge in [-0.15, -0.1) is 23.7 Å². The first kappa shape index (κ1) is 39.9. The predicted octanol–water partition coefficient (Wildman–Crippen LogP) is 4.90. The maximum atomic E-state index is 14.3. The lowest BCUT2D eigenvalue weighted by Gasteiger charge is -2.28. The Morgan fingerprint density at radius 2 is 1.91 bits per heavy atom.